The average Bonchev–Trinajstić information content (AvgIpc) is 2.19. The van der Waals surface area contributed by atoms with Crippen LogP contribution in [0, 0.1) is 5.92 Å². The highest BCUT2D eigenvalue weighted by molar-refractivity contribution is 5.76. The quantitative estimate of drug-likeness (QED) is 0.664. The van der Waals surface area contributed by atoms with E-state index in [0.717, 1.165) is 32.2 Å². The van der Waals surface area contributed by atoms with Gasteiger partial charge in [0.2, 0.25) is 5.91 Å². The van der Waals surface area contributed by atoms with Crippen molar-refractivity contribution in [2.24, 2.45) is 11.7 Å². The number of primary amides is 1. The Labute approximate surface area is 85.7 Å². The first-order chi connectivity index (χ1) is 6.74. The van der Waals surface area contributed by atoms with Crippen molar-refractivity contribution in [2.75, 3.05) is 6.54 Å². The Morgan fingerprint density at radius 3 is 2.57 bits per heavy atom. The third-order valence-electron chi connectivity index (χ3n) is 2.89. The molecule has 0 unspecified atom stereocenters. The standard InChI is InChI=1S/C11H20N2O/c1-2-3-8-13-10-6-4-9(5-7-10)11(12)14/h2-3,9-10,13H,4-8H2,1H3,(H2,12,14)/b3-2+. The molecule has 1 amide bonds. The van der Waals surface area contributed by atoms with Crippen molar-refractivity contribution in [1.82, 2.24) is 5.32 Å². The van der Waals surface area contributed by atoms with Crippen molar-refractivity contribution in [1.29, 1.82) is 0 Å². The molecule has 1 rings (SSSR count). The fourth-order valence-corrected chi connectivity index (χ4v) is 1.93. The molecular weight excluding hydrogens is 176 g/mol. The van der Waals surface area contributed by atoms with Gasteiger partial charge in [0.15, 0.2) is 0 Å². The van der Waals surface area contributed by atoms with Crippen LogP contribution in [0.5, 0.6) is 0 Å². The molecule has 3 heteroatoms. The molecule has 0 heterocycles. The molecule has 3 N–H and O–H groups in total. The fraction of sp³-hybridized carbons (Fsp3) is 0.727. The van der Waals surface area contributed by atoms with Gasteiger partial charge in [0.25, 0.3) is 0 Å². The monoisotopic (exact) mass is 196 g/mol. The summed E-state index contributed by atoms with van der Waals surface area (Å²) in [7, 11) is 0. The van der Waals surface area contributed by atoms with E-state index in [1.165, 1.54) is 0 Å². The summed E-state index contributed by atoms with van der Waals surface area (Å²) in [4.78, 5) is 10.9. The van der Waals surface area contributed by atoms with Gasteiger partial charge >= 0.3 is 0 Å². The molecule has 0 aromatic carbocycles. The molecule has 1 aliphatic rings. The molecule has 3 nitrogen and oxygen atoms in total. The Morgan fingerprint density at radius 2 is 2.07 bits per heavy atom. The van der Waals surface area contributed by atoms with Gasteiger partial charge in [0.05, 0.1) is 0 Å². The van der Waals surface area contributed by atoms with Gasteiger partial charge in [-0.15, -0.1) is 0 Å². The average molecular weight is 196 g/mol. The number of nitrogens with two attached hydrogens (primary N) is 1. The zero-order valence-electron chi connectivity index (χ0n) is 8.83. The van der Waals surface area contributed by atoms with Crippen molar-refractivity contribution in [3.05, 3.63) is 12.2 Å². The van der Waals surface area contributed by atoms with Crippen LogP contribution in [0.3, 0.4) is 0 Å². The smallest absolute Gasteiger partial charge is 0.220 e. The Balaban J connectivity index is 2.18. The van der Waals surface area contributed by atoms with Gasteiger partial charge in [0.1, 0.15) is 0 Å². The second kappa shape index (κ2) is 5.81. The van der Waals surface area contributed by atoms with E-state index >= 15 is 0 Å². The van der Waals surface area contributed by atoms with E-state index < -0.39 is 0 Å². The number of amides is 1. The number of rotatable bonds is 4. The second-order valence-corrected chi connectivity index (χ2v) is 3.93. The number of carbonyl (C=O) groups is 1. The van der Waals surface area contributed by atoms with Crippen LogP contribution in [-0.4, -0.2) is 18.5 Å². The summed E-state index contributed by atoms with van der Waals surface area (Å²) in [5, 5.41) is 3.44. The summed E-state index contributed by atoms with van der Waals surface area (Å²) in [5.41, 5.74) is 5.26. The van der Waals surface area contributed by atoms with E-state index in [4.69, 9.17) is 5.73 Å². The Bertz CT molecular complexity index is 205. The van der Waals surface area contributed by atoms with Gasteiger partial charge in [-0.25, -0.2) is 0 Å². The van der Waals surface area contributed by atoms with Crippen LogP contribution in [-0.2, 0) is 4.79 Å². The van der Waals surface area contributed by atoms with E-state index in [0.29, 0.717) is 6.04 Å². The van der Waals surface area contributed by atoms with Crippen LogP contribution in [0.2, 0.25) is 0 Å². The van der Waals surface area contributed by atoms with Crippen molar-refractivity contribution in [3.63, 3.8) is 0 Å². The van der Waals surface area contributed by atoms with Gasteiger partial charge in [-0.3, -0.25) is 4.79 Å². The molecule has 0 aromatic rings. The minimum Gasteiger partial charge on any atom is -0.369 e. The Morgan fingerprint density at radius 1 is 1.43 bits per heavy atom. The van der Waals surface area contributed by atoms with Crippen molar-refractivity contribution >= 4 is 5.91 Å². The highest BCUT2D eigenvalue weighted by Crippen LogP contribution is 2.23. The zero-order chi connectivity index (χ0) is 10.4. The molecule has 1 saturated carbocycles. The largest absolute Gasteiger partial charge is 0.369 e. The van der Waals surface area contributed by atoms with E-state index in [1.54, 1.807) is 0 Å². The van der Waals surface area contributed by atoms with Gasteiger partial charge in [-0.05, 0) is 32.6 Å². The van der Waals surface area contributed by atoms with Crippen LogP contribution in [0.4, 0.5) is 0 Å². The molecule has 0 aromatic heterocycles. The molecule has 0 spiro atoms. The second-order valence-electron chi connectivity index (χ2n) is 3.93. The molecule has 0 aliphatic heterocycles. The van der Waals surface area contributed by atoms with Gasteiger partial charge < -0.3 is 11.1 Å². The van der Waals surface area contributed by atoms with E-state index in [-0.39, 0.29) is 11.8 Å². The van der Waals surface area contributed by atoms with E-state index in [2.05, 4.69) is 11.4 Å². The van der Waals surface area contributed by atoms with Crippen molar-refractivity contribution in [3.8, 4) is 0 Å². The number of carbonyl (C=O) groups excluding carboxylic acids is 1. The molecule has 80 valence electrons. The van der Waals surface area contributed by atoms with E-state index in [1.807, 2.05) is 13.0 Å². The molecule has 1 fully saturated rings. The third kappa shape index (κ3) is 3.50. The lowest BCUT2D eigenvalue weighted by molar-refractivity contribution is -0.122. The molecular formula is C11H20N2O. The van der Waals surface area contributed by atoms with Crippen molar-refractivity contribution < 1.29 is 4.79 Å². The third-order valence-corrected chi connectivity index (χ3v) is 2.89. The molecule has 0 atom stereocenters. The van der Waals surface area contributed by atoms with Crippen LogP contribution >= 0.6 is 0 Å². The molecule has 0 radical (unpaired) electrons. The topological polar surface area (TPSA) is 55.1 Å². The molecule has 0 saturated heterocycles. The SMILES string of the molecule is C/C=C/CNC1CCC(C(N)=O)CC1. The molecule has 0 bridgehead atoms. The maximum atomic E-state index is 10.9. The lowest BCUT2D eigenvalue weighted by Crippen LogP contribution is -2.36. The first-order valence-electron chi connectivity index (χ1n) is 5.38. The minimum absolute atomic E-state index is 0.120. The van der Waals surface area contributed by atoms with E-state index in [9.17, 15) is 4.79 Å². The zero-order valence-corrected chi connectivity index (χ0v) is 8.83. The van der Waals surface area contributed by atoms with Gasteiger partial charge in [-0.1, -0.05) is 12.2 Å². The van der Waals surface area contributed by atoms with Crippen LogP contribution in [0.25, 0.3) is 0 Å². The molecule has 1 aliphatic carbocycles. The lowest BCUT2D eigenvalue weighted by atomic mass is 9.85. The van der Waals surface area contributed by atoms with Crippen molar-refractivity contribution in [2.45, 2.75) is 38.6 Å². The van der Waals surface area contributed by atoms with Gasteiger partial charge in [0, 0.05) is 18.5 Å². The summed E-state index contributed by atoms with van der Waals surface area (Å²) < 4.78 is 0. The predicted octanol–water partition coefficient (Wildman–Crippen LogP) is 1.20. The number of allylic oxidation sites excluding steroid dienone is 1. The normalized spacial score (nSPS) is 28.1. The fourth-order valence-electron chi connectivity index (χ4n) is 1.93. The first kappa shape index (κ1) is 11.2. The summed E-state index contributed by atoms with van der Waals surface area (Å²) in [6.45, 7) is 2.95. The summed E-state index contributed by atoms with van der Waals surface area (Å²) in [6.07, 6.45) is 8.20. The Kier molecular flexibility index (Phi) is 4.66. The predicted molar refractivity (Wildman–Crippen MR) is 57.8 cm³/mol. The summed E-state index contributed by atoms with van der Waals surface area (Å²) in [5.74, 6) is -0.00771. The van der Waals surface area contributed by atoms with Crippen LogP contribution in [0.1, 0.15) is 32.6 Å². The van der Waals surface area contributed by atoms with Gasteiger partial charge in [-0.2, -0.15) is 0 Å². The minimum atomic E-state index is -0.128. The van der Waals surface area contributed by atoms with Crippen LogP contribution in [0.15, 0.2) is 12.2 Å². The maximum absolute atomic E-state index is 10.9. The first-order valence-corrected chi connectivity index (χ1v) is 5.38. The number of hydrogen-bond donors (Lipinski definition) is 2. The lowest BCUT2D eigenvalue weighted by Gasteiger charge is -2.27. The Hall–Kier alpha value is -0.830. The van der Waals surface area contributed by atoms with Crippen LogP contribution < -0.4 is 11.1 Å². The summed E-state index contributed by atoms with van der Waals surface area (Å²) in [6, 6.07) is 0.571. The highest BCUT2D eigenvalue weighted by atomic mass is 16.1. The summed E-state index contributed by atoms with van der Waals surface area (Å²) >= 11 is 0. The molecule has 14 heavy (non-hydrogen) atoms. The maximum Gasteiger partial charge on any atom is 0.220 e. The number of hydrogen-bond acceptors (Lipinski definition) is 2. The highest BCUT2D eigenvalue weighted by Gasteiger charge is 2.23. The number of nitrogens with one attached hydrogen (secondary N) is 1.